The fourth-order valence-corrected chi connectivity index (χ4v) is 3.35. The summed E-state index contributed by atoms with van der Waals surface area (Å²) in [4.78, 5) is 39.7. The molecule has 0 aliphatic carbocycles. The molecule has 1 N–H and O–H groups in total. The van der Waals surface area contributed by atoms with Crippen molar-refractivity contribution in [1.29, 1.82) is 0 Å². The molecule has 1 aromatic carbocycles. The van der Waals surface area contributed by atoms with Gasteiger partial charge in [0.05, 0.1) is 0 Å². The Balaban J connectivity index is 1.70. The van der Waals surface area contributed by atoms with Crippen molar-refractivity contribution in [3.63, 3.8) is 0 Å². The highest BCUT2D eigenvalue weighted by Crippen LogP contribution is 2.14. The average Bonchev–Trinajstić information content (AvgIpc) is 2.78. The second-order valence-electron chi connectivity index (χ2n) is 7.46. The molecule has 3 aromatic rings. The fraction of sp³-hybridized carbons (Fsp3) is 0.292. The van der Waals surface area contributed by atoms with Gasteiger partial charge in [-0.05, 0) is 50.5 Å². The lowest BCUT2D eigenvalue weighted by molar-refractivity contribution is 0.0716. The molecule has 0 saturated carbocycles. The van der Waals surface area contributed by atoms with Crippen molar-refractivity contribution >= 4 is 11.8 Å². The average molecular weight is 418 g/mol. The maximum Gasteiger partial charge on any atom is 0.272 e. The van der Waals surface area contributed by atoms with Crippen LogP contribution in [0.15, 0.2) is 60.8 Å². The number of aryl methyl sites for hydroxylation is 2. The molecule has 0 unspecified atom stereocenters. The Bertz CT molecular complexity index is 1040. The Morgan fingerprint density at radius 3 is 2.45 bits per heavy atom. The summed E-state index contributed by atoms with van der Waals surface area (Å²) < 4.78 is 0. The van der Waals surface area contributed by atoms with Crippen LogP contribution in [-0.4, -0.2) is 51.3 Å². The Morgan fingerprint density at radius 2 is 1.74 bits per heavy atom. The van der Waals surface area contributed by atoms with E-state index in [0.29, 0.717) is 36.6 Å². The lowest BCUT2D eigenvalue weighted by Crippen LogP contribution is -2.41. The zero-order valence-corrected chi connectivity index (χ0v) is 18.1. The van der Waals surface area contributed by atoms with E-state index in [1.807, 2.05) is 49.4 Å². The molecular weight excluding hydrogens is 390 g/mol. The van der Waals surface area contributed by atoms with Gasteiger partial charge in [0.2, 0.25) is 0 Å². The van der Waals surface area contributed by atoms with Gasteiger partial charge < -0.3 is 10.2 Å². The predicted molar refractivity (Wildman–Crippen MR) is 119 cm³/mol. The zero-order valence-electron chi connectivity index (χ0n) is 18.1. The second kappa shape index (κ2) is 10.4. The van der Waals surface area contributed by atoms with Crippen LogP contribution in [0.2, 0.25) is 0 Å². The summed E-state index contributed by atoms with van der Waals surface area (Å²) in [5.74, 6) is 0.164. The summed E-state index contributed by atoms with van der Waals surface area (Å²) in [5.41, 5.74) is 2.67. The maximum atomic E-state index is 13.0. The van der Waals surface area contributed by atoms with E-state index in [4.69, 9.17) is 0 Å². The molecule has 2 amide bonds. The van der Waals surface area contributed by atoms with Gasteiger partial charge in [0, 0.05) is 31.5 Å². The Hall–Kier alpha value is -3.61. The van der Waals surface area contributed by atoms with E-state index in [1.54, 1.807) is 37.2 Å². The molecule has 0 spiro atoms. The normalized spacial score (nSPS) is 11.6. The molecule has 0 aliphatic heterocycles. The highest BCUT2D eigenvalue weighted by molar-refractivity contribution is 5.93. The molecule has 0 fully saturated rings. The first-order valence-corrected chi connectivity index (χ1v) is 10.3. The Kier molecular flexibility index (Phi) is 7.43. The lowest BCUT2D eigenvalue weighted by atomic mass is 10.0. The SMILES string of the molecule is Cc1cccc(C(=O)NCC[C@H](Cc2ccccc2)N(C)C(=O)c2ccnc(C)n2)n1. The number of rotatable bonds is 8. The standard InChI is InChI=1S/C24H27N5O2/c1-17-8-7-11-21(27-17)23(30)26-14-12-20(16-19-9-5-4-6-10-19)29(3)24(31)22-13-15-25-18(2)28-22/h4-11,13,15,20H,12,14,16H2,1-3H3,(H,26,30)/t20-/m1/s1. The minimum Gasteiger partial charge on any atom is -0.351 e. The quantitative estimate of drug-likeness (QED) is 0.609. The third-order valence-electron chi connectivity index (χ3n) is 5.06. The van der Waals surface area contributed by atoms with Crippen molar-refractivity contribution < 1.29 is 9.59 Å². The highest BCUT2D eigenvalue weighted by Gasteiger charge is 2.23. The summed E-state index contributed by atoms with van der Waals surface area (Å²) >= 11 is 0. The number of pyridine rings is 1. The molecular formula is C24H27N5O2. The molecule has 2 aromatic heterocycles. The van der Waals surface area contributed by atoms with Crippen molar-refractivity contribution in [3.05, 3.63) is 89.3 Å². The van der Waals surface area contributed by atoms with E-state index < -0.39 is 0 Å². The molecule has 0 saturated heterocycles. The number of aromatic nitrogens is 3. The number of hydrogen-bond donors (Lipinski definition) is 1. The van der Waals surface area contributed by atoms with E-state index in [9.17, 15) is 9.59 Å². The molecule has 3 rings (SSSR count). The minimum absolute atomic E-state index is 0.115. The second-order valence-corrected chi connectivity index (χ2v) is 7.46. The molecule has 0 aliphatic rings. The Labute approximate surface area is 182 Å². The van der Waals surface area contributed by atoms with Gasteiger partial charge in [0.15, 0.2) is 0 Å². The van der Waals surface area contributed by atoms with Crippen LogP contribution in [0.4, 0.5) is 0 Å². The maximum absolute atomic E-state index is 13.0. The summed E-state index contributed by atoms with van der Waals surface area (Å²) in [6.07, 6.45) is 2.86. The van der Waals surface area contributed by atoms with Gasteiger partial charge >= 0.3 is 0 Å². The van der Waals surface area contributed by atoms with Crippen LogP contribution in [0.5, 0.6) is 0 Å². The summed E-state index contributed by atoms with van der Waals surface area (Å²) in [6.45, 7) is 4.03. The summed E-state index contributed by atoms with van der Waals surface area (Å²) in [5, 5.41) is 2.92. The molecule has 2 heterocycles. The first kappa shape index (κ1) is 22.1. The third-order valence-corrected chi connectivity index (χ3v) is 5.06. The van der Waals surface area contributed by atoms with Gasteiger partial charge in [0.25, 0.3) is 11.8 Å². The van der Waals surface area contributed by atoms with Gasteiger partial charge in [-0.2, -0.15) is 0 Å². The van der Waals surface area contributed by atoms with Crippen molar-refractivity contribution in [1.82, 2.24) is 25.2 Å². The lowest BCUT2D eigenvalue weighted by Gasteiger charge is -2.28. The number of nitrogens with one attached hydrogen (secondary N) is 1. The Morgan fingerprint density at radius 1 is 0.968 bits per heavy atom. The van der Waals surface area contributed by atoms with Crippen LogP contribution in [0.3, 0.4) is 0 Å². The predicted octanol–water partition coefficient (Wildman–Crippen LogP) is 2.99. The number of amides is 2. The van der Waals surface area contributed by atoms with Gasteiger partial charge in [-0.25, -0.2) is 15.0 Å². The minimum atomic E-state index is -0.220. The molecule has 31 heavy (non-hydrogen) atoms. The number of nitrogens with zero attached hydrogens (tertiary/aromatic N) is 4. The van der Waals surface area contributed by atoms with Crippen molar-refractivity contribution in [2.24, 2.45) is 0 Å². The van der Waals surface area contributed by atoms with E-state index in [0.717, 1.165) is 11.3 Å². The van der Waals surface area contributed by atoms with Gasteiger partial charge in [-0.3, -0.25) is 9.59 Å². The fourth-order valence-electron chi connectivity index (χ4n) is 3.35. The molecule has 160 valence electrons. The molecule has 0 radical (unpaired) electrons. The van der Waals surface area contributed by atoms with Gasteiger partial charge in [0.1, 0.15) is 17.2 Å². The van der Waals surface area contributed by atoms with Crippen LogP contribution < -0.4 is 5.32 Å². The summed E-state index contributed by atoms with van der Waals surface area (Å²) in [7, 11) is 1.78. The number of carbonyl (C=O) groups excluding carboxylic acids is 2. The van der Waals surface area contributed by atoms with Crippen molar-refractivity contribution in [2.45, 2.75) is 32.7 Å². The number of benzene rings is 1. The zero-order chi connectivity index (χ0) is 22.2. The smallest absolute Gasteiger partial charge is 0.272 e. The number of carbonyl (C=O) groups is 2. The van der Waals surface area contributed by atoms with E-state index in [-0.39, 0.29) is 17.9 Å². The van der Waals surface area contributed by atoms with E-state index >= 15 is 0 Å². The van der Waals surface area contributed by atoms with Gasteiger partial charge in [-0.1, -0.05) is 36.4 Å². The van der Waals surface area contributed by atoms with Crippen LogP contribution in [-0.2, 0) is 6.42 Å². The van der Waals surface area contributed by atoms with Crippen molar-refractivity contribution in [2.75, 3.05) is 13.6 Å². The third kappa shape index (κ3) is 6.18. The topological polar surface area (TPSA) is 88.1 Å². The van der Waals surface area contributed by atoms with Crippen molar-refractivity contribution in [3.8, 4) is 0 Å². The largest absolute Gasteiger partial charge is 0.351 e. The first-order valence-electron chi connectivity index (χ1n) is 10.3. The molecule has 7 heteroatoms. The monoisotopic (exact) mass is 417 g/mol. The summed E-state index contributed by atoms with van der Waals surface area (Å²) in [6, 6.07) is 16.9. The molecule has 1 atom stereocenters. The van der Waals surface area contributed by atoms with E-state index in [1.165, 1.54) is 0 Å². The number of hydrogen-bond acceptors (Lipinski definition) is 5. The highest BCUT2D eigenvalue weighted by atomic mass is 16.2. The van der Waals surface area contributed by atoms with E-state index in [2.05, 4.69) is 20.3 Å². The van der Waals surface area contributed by atoms with Crippen LogP contribution in [0, 0.1) is 13.8 Å². The van der Waals surface area contributed by atoms with Gasteiger partial charge in [-0.15, -0.1) is 0 Å². The van der Waals surface area contributed by atoms with Crippen LogP contribution >= 0.6 is 0 Å². The number of likely N-dealkylation sites (N-methyl/N-ethyl adjacent to an activating group) is 1. The molecule has 7 nitrogen and oxygen atoms in total. The molecule has 0 bridgehead atoms. The first-order chi connectivity index (χ1) is 14.9. The van der Waals surface area contributed by atoms with Crippen LogP contribution in [0.25, 0.3) is 0 Å². The van der Waals surface area contributed by atoms with Crippen LogP contribution in [0.1, 0.15) is 44.5 Å².